The summed E-state index contributed by atoms with van der Waals surface area (Å²) in [4.78, 5) is 21.9. The largest absolute Gasteiger partial charge is 0.497 e. The number of halogens is 1. The number of aromatic amines is 1. The Hall–Kier alpha value is -2.17. The normalized spacial score (nSPS) is 18.6. The number of nitrogens with zero attached hydrogens (tertiary/aromatic N) is 2. The van der Waals surface area contributed by atoms with Crippen molar-refractivity contribution in [2.75, 3.05) is 48.0 Å². The van der Waals surface area contributed by atoms with Crippen molar-refractivity contribution >= 4 is 46.8 Å². The molecule has 172 valence electrons. The molecule has 0 radical (unpaired) electrons. The van der Waals surface area contributed by atoms with Crippen molar-refractivity contribution in [2.24, 2.45) is 16.8 Å². The van der Waals surface area contributed by atoms with E-state index in [9.17, 15) is 4.79 Å². The SMILES string of the molecule is CN=C(NCCCc1cc2c(OC)cc(OC)cc2[nH]1)N1CC(C)C(C(=O)OC)C1.I. The lowest BCUT2D eigenvalue weighted by Crippen LogP contribution is -2.41. The molecule has 9 heteroatoms. The van der Waals surface area contributed by atoms with Crippen LogP contribution in [0.25, 0.3) is 10.9 Å². The van der Waals surface area contributed by atoms with Gasteiger partial charge in [-0.2, -0.15) is 0 Å². The van der Waals surface area contributed by atoms with Gasteiger partial charge < -0.3 is 29.4 Å². The van der Waals surface area contributed by atoms with E-state index in [2.05, 4.69) is 33.2 Å². The molecule has 1 aromatic heterocycles. The average molecular weight is 544 g/mol. The maximum absolute atomic E-state index is 11.9. The summed E-state index contributed by atoms with van der Waals surface area (Å²) in [5.41, 5.74) is 2.15. The lowest BCUT2D eigenvalue weighted by atomic mass is 9.99. The van der Waals surface area contributed by atoms with E-state index in [1.54, 1.807) is 21.3 Å². The van der Waals surface area contributed by atoms with Crippen LogP contribution in [0.5, 0.6) is 11.5 Å². The lowest BCUT2D eigenvalue weighted by Gasteiger charge is -2.21. The first-order chi connectivity index (χ1) is 14.5. The zero-order valence-corrected chi connectivity index (χ0v) is 21.2. The van der Waals surface area contributed by atoms with Gasteiger partial charge in [0.25, 0.3) is 0 Å². The van der Waals surface area contributed by atoms with Gasteiger partial charge >= 0.3 is 5.97 Å². The third kappa shape index (κ3) is 5.75. The molecule has 3 rings (SSSR count). The number of ether oxygens (including phenoxy) is 3. The van der Waals surface area contributed by atoms with E-state index in [-0.39, 0.29) is 41.8 Å². The zero-order valence-electron chi connectivity index (χ0n) is 18.9. The Morgan fingerprint density at radius 1 is 1.23 bits per heavy atom. The van der Waals surface area contributed by atoms with Gasteiger partial charge in [0.05, 0.1) is 32.8 Å². The maximum Gasteiger partial charge on any atom is 0.310 e. The number of rotatable bonds is 7. The molecular formula is C22H33IN4O4. The van der Waals surface area contributed by atoms with Crippen LogP contribution in [-0.4, -0.2) is 69.8 Å². The van der Waals surface area contributed by atoms with Crippen LogP contribution in [0.3, 0.4) is 0 Å². The zero-order chi connectivity index (χ0) is 21.7. The van der Waals surface area contributed by atoms with Crippen LogP contribution in [0, 0.1) is 11.8 Å². The molecule has 0 aliphatic carbocycles. The highest BCUT2D eigenvalue weighted by Crippen LogP contribution is 2.31. The van der Waals surface area contributed by atoms with E-state index in [0.29, 0.717) is 6.54 Å². The summed E-state index contributed by atoms with van der Waals surface area (Å²) in [6.07, 6.45) is 1.83. The fourth-order valence-electron chi connectivity index (χ4n) is 4.07. The van der Waals surface area contributed by atoms with Gasteiger partial charge in [0.1, 0.15) is 11.5 Å². The Balaban J connectivity index is 0.00000341. The highest BCUT2D eigenvalue weighted by molar-refractivity contribution is 14.0. The van der Waals surface area contributed by atoms with Crippen molar-refractivity contribution in [3.05, 3.63) is 23.9 Å². The van der Waals surface area contributed by atoms with Crippen molar-refractivity contribution in [1.82, 2.24) is 15.2 Å². The van der Waals surface area contributed by atoms with Gasteiger partial charge in [-0.05, 0) is 24.8 Å². The quantitative estimate of drug-likeness (QED) is 0.183. The lowest BCUT2D eigenvalue weighted by molar-refractivity contribution is -0.145. The van der Waals surface area contributed by atoms with Gasteiger partial charge in [0, 0.05) is 49.9 Å². The first-order valence-electron chi connectivity index (χ1n) is 10.3. The van der Waals surface area contributed by atoms with E-state index >= 15 is 0 Å². The molecule has 1 aliphatic heterocycles. The second kappa shape index (κ2) is 11.4. The molecular weight excluding hydrogens is 511 g/mol. The standard InChI is InChI=1S/C22H32N4O4.HI/c1-14-12-26(13-18(14)21(27)30-5)22(23-2)24-8-6-7-15-9-17-19(25-15)10-16(28-3)11-20(17)29-4;/h9-11,14,18,25H,6-8,12-13H2,1-5H3,(H,23,24);1H. The minimum absolute atomic E-state index is 0. The molecule has 1 saturated heterocycles. The maximum atomic E-state index is 11.9. The number of aliphatic imine (C=N–C) groups is 1. The van der Waals surface area contributed by atoms with Crippen LogP contribution in [-0.2, 0) is 16.0 Å². The summed E-state index contributed by atoms with van der Waals surface area (Å²) >= 11 is 0. The molecule has 0 amide bonds. The Morgan fingerprint density at radius 3 is 2.65 bits per heavy atom. The van der Waals surface area contributed by atoms with Gasteiger partial charge in [0.2, 0.25) is 0 Å². The van der Waals surface area contributed by atoms with Crippen molar-refractivity contribution in [1.29, 1.82) is 0 Å². The van der Waals surface area contributed by atoms with Crippen molar-refractivity contribution in [3.8, 4) is 11.5 Å². The number of benzene rings is 1. The van der Waals surface area contributed by atoms with E-state index < -0.39 is 0 Å². The molecule has 0 bridgehead atoms. The van der Waals surface area contributed by atoms with Crippen LogP contribution in [0.2, 0.25) is 0 Å². The number of nitrogens with one attached hydrogen (secondary N) is 2. The van der Waals surface area contributed by atoms with E-state index in [0.717, 1.165) is 60.0 Å². The number of guanidine groups is 1. The predicted molar refractivity (Wildman–Crippen MR) is 133 cm³/mol. The monoisotopic (exact) mass is 544 g/mol. The number of fused-ring (bicyclic) bond motifs is 1. The highest BCUT2D eigenvalue weighted by Gasteiger charge is 2.36. The second-order valence-electron chi connectivity index (χ2n) is 7.67. The molecule has 1 aliphatic rings. The number of esters is 1. The summed E-state index contributed by atoms with van der Waals surface area (Å²) in [6.45, 7) is 4.30. The average Bonchev–Trinajstić information content (AvgIpc) is 3.35. The van der Waals surface area contributed by atoms with E-state index in [1.807, 2.05) is 12.1 Å². The van der Waals surface area contributed by atoms with Gasteiger partial charge in [-0.3, -0.25) is 9.79 Å². The Bertz CT molecular complexity index is 914. The first-order valence-corrected chi connectivity index (χ1v) is 10.3. The third-order valence-electron chi connectivity index (χ3n) is 5.72. The molecule has 2 N–H and O–H groups in total. The fraction of sp³-hybridized carbons (Fsp3) is 0.545. The van der Waals surface area contributed by atoms with Crippen molar-refractivity contribution in [3.63, 3.8) is 0 Å². The molecule has 31 heavy (non-hydrogen) atoms. The number of hydrogen-bond acceptors (Lipinski definition) is 5. The number of likely N-dealkylation sites (tertiary alicyclic amines) is 1. The third-order valence-corrected chi connectivity index (χ3v) is 5.72. The first kappa shape index (κ1) is 25.1. The molecule has 2 heterocycles. The summed E-state index contributed by atoms with van der Waals surface area (Å²) in [6, 6.07) is 6.00. The Labute approximate surface area is 200 Å². The fourth-order valence-corrected chi connectivity index (χ4v) is 4.07. The molecule has 8 nitrogen and oxygen atoms in total. The molecule has 1 aromatic carbocycles. The molecule has 2 aromatic rings. The summed E-state index contributed by atoms with van der Waals surface area (Å²) in [5, 5.41) is 4.47. The molecule has 1 fully saturated rings. The number of methoxy groups -OCH3 is 3. The number of carbonyl (C=O) groups is 1. The van der Waals surface area contributed by atoms with Gasteiger partial charge in [-0.15, -0.1) is 24.0 Å². The smallest absolute Gasteiger partial charge is 0.310 e. The van der Waals surface area contributed by atoms with Crippen LogP contribution in [0.15, 0.2) is 23.2 Å². The van der Waals surface area contributed by atoms with Crippen LogP contribution in [0.4, 0.5) is 0 Å². The number of carbonyl (C=O) groups excluding carboxylic acids is 1. The topological polar surface area (TPSA) is 88.2 Å². The summed E-state index contributed by atoms with van der Waals surface area (Å²) in [5.74, 6) is 2.39. The number of aryl methyl sites for hydroxylation is 1. The van der Waals surface area contributed by atoms with Gasteiger partial charge in [-0.1, -0.05) is 6.92 Å². The predicted octanol–water partition coefficient (Wildman–Crippen LogP) is 3.05. The van der Waals surface area contributed by atoms with E-state index in [1.165, 1.54) is 7.11 Å². The summed E-state index contributed by atoms with van der Waals surface area (Å²) in [7, 11) is 6.54. The number of H-pyrrole nitrogens is 1. The van der Waals surface area contributed by atoms with Crippen LogP contribution < -0.4 is 14.8 Å². The van der Waals surface area contributed by atoms with Gasteiger partial charge in [-0.25, -0.2) is 0 Å². The van der Waals surface area contributed by atoms with Crippen LogP contribution in [0.1, 0.15) is 19.0 Å². The van der Waals surface area contributed by atoms with Crippen LogP contribution >= 0.6 is 24.0 Å². The van der Waals surface area contributed by atoms with Crippen molar-refractivity contribution < 1.29 is 19.0 Å². The van der Waals surface area contributed by atoms with Gasteiger partial charge in [0.15, 0.2) is 5.96 Å². The minimum atomic E-state index is -0.147. The summed E-state index contributed by atoms with van der Waals surface area (Å²) < 4.78 is 15.8. The minimum Gasteiger partial charge on any atom is -0.497 e. The Kier molecular flexibility index (Phi) is 9.27. The van der Waals surface area contributed by atoms with Crippen molar-refractivity contribution in [2.45, 2.75) is 19.8 Å². The molecule has 0 saturated carbocycles. The molecule has 0 spiro atoms. The number of aromatic nitrogens is 1. The molecule has 2 unspecified atom stereocenters. The molecule has 2 atom stereocenters. The number of hydrogen-bond donors (Lipinski definition) is 2. The second-order valence-corrected chi connectivity index (χ2v) is 7.67. The van der Waals surface area contributed by atoms with E-state index in [4.69, 9.17) is 14.2 Å². The Morgan fingerprint density at radius 2 is 2.00 bits per heavy atom. The highest BCUT2D eigenvalue weighted by atomic mass is 127.